The Bertz CT molecular complexity index is 1200. The molecule has 182 valence electrons. The highest BCUT2D eigenvalue weighted by Gasteiger charge is 2.44. The van der Waals surface area contributed by atoms with Crippen LogP contribution in [-0.4, -0.2) is 32.2 Å². The largest absolute Gasteiger partial charge is 0.350 e. The van der Waals surface area contributed by atoms with Crippen molar-refractivity contribution in [2.45, 2.75) is 69.1 Å². The number of benzene rings is 2. The maximum atomic E-state index is 11.4. The molecule has 2 aromatic carbocycles. The van der Waals surface area contributed by atoms with E-state index in [0.29, 0.717) is 11.0 Å². The van der Waals surface area contributed by atoms with Crippen molar-refractivity contribution in [1.29, 1.82) is 0 Å². The number of primary amides is 1. The number of hydrogen-bond donors (Lipinski definition) is 2. The molecule has 0 radical (unpaired) electrons. The summed E-state index contributed by atoms with van der Waals surface area (Å²) in [5, 5.41) is 12.6. The highest BCUT2D eigenvalue weighted by molar-refractivity contribution is 8.00. The molecule has 1 saturated carbocycles. The Morgan fingerprint density at radius 1 is 1.24 bits per heavy atom. The molecule has 0 spiro atoms. The Morgan fingerprint density at radius 2 is 1.91 bits per heavy atom. The zero-order valence-corrected chi connectivity index (χ0v) is 22.1. The quantitative estimate of drug-likeness (QED) is 0.204. The summed E-state index contributed by atoms with van der Waals surface area (Å²) < 4.78 is 2.45. The molecule has 2 unspecified atom stereocenters. The minimum atomic E-state index is -0.807. The second-order valence-corrected chi connectivity index (χ2v) is 12.9. The lowest BCUT2D eigenvalue weighted by Crippen LogP contribution is -2.34. The lowest BCUT2D eigenvalue weighted by molar-refractivity contribution is -0.0432. The van der Waals surface area contributed by atoms with Gasteiger partial charge < -0.3 is 10.3 Å². The SMILES string of the molecule is CC(C)c1ccc2c(c1)c(SC(C)(C)C)c(C1CC1CN(O)C(N)=O)n2Cc1ccc(Cl)cc1. The van der Waals surface area contributed by atoms with Crippen molar-refractivity contribution in [3.8, 4) is 0 Å². The maximum Gasteiger partial charge on any atom is 0.338 e. The van der Waals surface area contributed by atoms with E-state index in [1.165, 1.54) is 32.6 Å². The van der Waals surface area contributed by atoms with Crippen LogP contribution in [0.25, 0.3) is 10.9 Å². The number of rotatable bonds is 7. The summed E-state index contributed by atoms with van der Waals surface area (Å²) in [5.74, 6) is 0.864. The molecule has 1 aromatic heterocycles. The fourth-order valence-electron chi connectivity index (χ4n) is 4.54. The standard InChI is InChI=1S/C27H34ClN3O2S/c1-16(2)18-8-11-23-22(12-18)25(34-27(3,4)5)24(21-13-19(21)15-31(33)26(29)32)30(23)14-17-6-9-20(28)10-7-17/h6-12,16,19,21,33H,13-15H2,1-5H3,(H2,29,32). The number of amides is 2. The van der Waals surface area contributed by atoms with Crippen molar-refractivity contribution in [3.05, 3.63) is 64.3 Å². The number of nitrogens with two attached hydrogens (primary N) is 1. The number of hydroxylamine groups is 2. The fourth-order valence-corrected chi connectivity index (χ4v) is 5.92. The summed E-state index contributed by atoms with van der Waals surface area (Å²) in [6, 6.07) is 14.0. The molecule has 4 rings (SSSR count). The molecule has 2 amide bonds. The van der Waals surface area contributed by atoms with E-state index < -0.39 is 6.03 Å². The molecule has 0 bridgehead atoms. The molecule has 1 fully saturated rings. The Balaban J connectivity index is 1.86. The number of nitrogens with zero attached hydrogens (tertiary/aromatic N) is 2. The number of urea groups is 1. The molecular weight excluding hydrogens is 466 g/mol. The van der Waals surface area contributed by atoms with E-state index in [0.717, 1.165) is 18.0 Å². The lowest BCUT2D eigenvalue weighted by Gasteiger charge is -2.20. The highest BCUT2D eigenvalue weighted by Crippen LogP contribution is 2.54. The van der Waals surface area contributed by atoms with Gasteiger partial charge in [-0.25, -0.2) is 9.86 Å². The van der Waals surface area contributed by atoms with E-state index in [9.17, 15) is 10.0 Å². The maximum absolute atomic E-state index is 11.4. The van der Waals surface area contributed by atoms with Crippen LogP contribution in [0.5, 0.6) is 0 Å². The number of aromatic nitrogens is 1. The van der Waals surface area contributed by atoms with Crippen molar-refractivity contribution < 1.29 is 10.0 Å². The molecule has 0 saturated heterocycles. The van der Waals surface area contributed by atoms with Gasteiger partial charge in [0.25, 0.3) is 0 Å². The van der Waals surface area contributed by atoms with Crippen molar-refractivity contribution >= 4 is 40.3 Å². The van der Waals surface area contributed by atoms with Crippen molar-refractivity contribution in [1.82, 2.24) is 9.63 Å². The second-order valence-electron chi connectivity index (χ2n) is 10.6. The molecule has 0 aliphatic heterocycles. The molecule has 34 heavy (non-hydrogen) atoms. The number of thioether (sulfide) groups is 1. The van der Waals surface area contributed by atoms with E-state index in [4.69, 9.17) is 17.3 Å². The zero-order valence-electron chi connectivity index (χ0n) is 20.5. The van der Waals surface area contributed by atoms with Crippen LogP contribution >= 0.6 is 23.4 Å². The predicted molar refractivity (Wildman–Crippen MR) is 141 cm³/mol. The molecule has 1 aliphatic rings. The Morgan fingerprint density at radius 3 is 2.50 bits per heavy atom. The van der Waals surface area contributed by atoms with Gasteiger partial charge in [0.05, 0.1) is 6.54 Å². The van der Waals surface area contributed by atoms with Crippen LogP contribution in [0.15, 0.2) is 47.4 Å². The van der Waals surface area contributed by atoms with Gasteiger partial charge in [-0.15, -0.1) is 11.8 Å². The van der Waals surface area contributed by atoms with E-state index in [1.54, 1.807) is 0 Å². The van der Waals surface area contributed by atoms with E-state index >= 15 is 0 Å². The molecule has 2 atom stereocenters. The van der Waals surface area contributed by atoms with Gasteiger partial charge in [0.2, 0.25) is 0 Å². The van der Waals surface area contributed by atoms with Gasteiger partial charge in [0.1, 0.15) is 0 Å². The van der Waals surface area contributed by atoms with E-state index in [2.05, 4.69) is 69.5 Å². The van der Waals surface area contributed by atoms with Crippen LogP contribution in [-0.2, 0) is 6.54 Å². The second kappa shape index (κ2) is 9.48. The molecule has 3 N–H and O–H groups in total. The first kappa shape index (κ1) is 25.0. The zero-order chi connectivity index (χ0) is 24.8. The third-order valence-corrected chi connectivity index (χ3v) is 7.84. The van der Waals surface area contributed by atoms with Crippen molar-refractivity contribution in [2.75, 3.05) is 6.54 Å². The topological polar surface area (TPSA) is 71.5 Å². The van der Waals surface area contributed by atoms with Gasteiger partial charge in [-0.2, -0.15) is 0 Å². The first-order chi connectivity index (χ1) is 15.9. The summed E-state index contributed by atoms with van der Waals surface area (Å²) in [6.45, 7) is 12.1. The first-order valence-corrected chi connectivity index (χ1v) is 13.0. The molecular formula is C27H34ClN3O2S. The van der Waals surface area contributed by atoms with Crippen LogP contribution in [0.4, 0.5) is 4.79 Å². The molecule has 5 nitrogen and oxygen atoms in total. The minimum Gasteiger partial charge on any atom is -0.350 e. The number of fused-ring (bicyclic) bond motifs is 1. The summed E-state index contributed by atoms with van der Waals surface area (Å²) in [4.78, 5) is 12.7. The van der Waals surface area contributed by atoms with Crippen molar-refractivity contribution in [3.63, 3.8) is 0 Å². The smallest absolute Gasteiger partial charge is 0.338 e. The molecule has 1 aliphatic carbocycles. The number of halogens is 1. The molecule has 1 heterocycles. The summed E-state index contributed by atoms with van der Waals surface area (Å²) in [6.07, 6.45) is 0.913. The number of hydrogen-bond acceptors (Lipinski definition) is 3. The van der Waals surface area contributed by atoms with Gasteiger partial charge in [0, 0.05) is 43.7 Å². The van der Waals surface area contributed by atoms with Crippen LogP contribution in [0.1, 0.15) is 69.7 Å². The average Bonchev–Trinajstić information content (AvgIpc) is 3.44. The number of carbonyl (C=O) groups is 1. The monoisotopic (exact) mass is 499 g/mol. The first-order valence-electron chi connectivity index (χ1n) is 11.8. The number of carbonyl (C=O) groups excluding carboxylic acids is 1. The Kier molecular flexibility index (Phi) is 6.96. The lowest BCUT2D eigenvalue weighted by atomic mass is 10.0. The van der Waals surface area contributed by atoms with Gasteiger partial charge in [-0.3, -0.25) is 5.21 Å². The Hall–Kier alpha value is -2.15. The van der Waals surface area contributed by atoms with Gasteiger partial charge in [-0.1, -0.05) is 64.4 Å². The normalized spacial score (nSPS) is 18.0. The predicted octanol–water partition coefficient (Wildman–Crippen LogP) is 7.23. The van der Waals surface area contributed by atoms with E-state index in [1.807, 2.05) is 23.9 Å². The highest BCUT2D eigenvalue weighted by atomic mass is 35.5. The summed E-state index contributed by atoms with van der Waals surface area (Å²) >= 11 is 8.04. The Labute approximate surface area is 211 Å². The fraction of sp³-hybridized carbons (Fsp3) is 0.444. The third kappa shape index (κ3) is 5.40. The summed E-state index contributed by atoms with van der Waals surface area (Å²) in [5.41, 5.74) is 10.3. The van der Waals surface area contributed by atoms with Gasteiger partial charge in [-0.05, 0) is 53.6 Å². The van der Waals surface area contributed by atoms with Crippen LogP contribution in [0, 0.1) is 5.92 Å². The third-order valence-electron chi connectivity index (χ3n) is 6.34. The van der Waals surface area contributed by atoms with Gasteiger partial charge in [0.15, 0.2) is 0 Å². The summed E-state index contributed by atoms with van der Waals surface area (Å²) in [7, 11) is 0. The van der Waals surface area contributed by atoms with Crippen LogP contribution in [0.2, 0.25) is 5.02 Å². The average molecular weight is 500 g/mol. The van der Waals surface area contributed by atoms with Crippen molar-refractivity contribution in [2.24, 2.45) is 11.7 Å². The van der Waals surface area contributed by atoms with Crippen LogP contribution in [0.3, 0.4) is 0 Å². The van der Waals surface area contributed by atoms with Crippen LogP contribution < -0.4 is 5.73 Å². The molecule has 3 aromatic rings. The molecule has 7 heteroatoms. The minimum absolute atomic E-state index is 0.0304. The van der Waals surface area contributed by atoms with Gasteiger partial charge >= 0.3 is 6.03 Å². The van der Waals surface area contributed by atoms with E-state index in [-0.39, 0.29) is 23.1 Å².